The first-order valence-corrected chi connectivity index (χ1v) is 7.45. The van der Waals surface area contributed by atoms with E-state index >= 15 is 0 Å². The minimum atomic E-state index is -0.0854. The maximum Gasteiger partial charge on any atom is 0.189 e. The summed E-state index contributed by atoms with van der Waals surface area (Å²) in [4.78, 5) is 12.6. The Morgan fingerprint density at radius 2 is 1.67 bits per heavy atom. The third-order valence-electron chi connectivity index (χ3n) is 4.12. The molecule has 24 heavy (non-hydrogen) atoms. The second-order valence-corrected chi connectivity index (χ2v) is 5.43. The molecular formula is C19H18O5. The number of allylic oxidation sites excluding steroid dienone is 1. The lowest BCUT2D eigenvalue weighted by molar-refractivity contribution is 0.104. The Morgan fingerprint density at radius 3 is 2.29 bits per heavy atom. The number of aromatic hydroxyl groups is 1. The molecule has 0 saturated heterocycles. The van der Waals surface area contributed by atoms with E-state index in [4.69, 9.17) is 14.2 Å². The maximum absolute atomic E-state index is 12.6. The number of ether oxygens (including phenoxy) is 3. The number of hydrogen-bond donors (Lipinski definition) is 1. The van der Waals surface area contributed by atoms with Gasteiger partial charge in [0, 0.05) is 34.8 Å². The molecule has 0 fully saturated rings. The van der Waals surface area contributed by atoms with E-state index < -0.39 is 0 Å². The molecule has 0 aliphatic heterocycles. The molecule has 0 spiro atoms. The molecule has 5 heteroatoms. The first-order chi connectivity index (χ1) is 11.6. The normalized spacial score (nSPS) is 14.6. The maximum atomic E-state index is 12.6. The van der Waals surface area contributed by atoms with Gasteiger partial charge in [0.05, 0.1) is 21.3 Å². The molecule has 2 aromatic carbocycles. The quantitative estimate of drug-likeness (QED) is 0.874. The lowest BCUT2D eigenvalue weighted by Crippen LogP contribution is -1.98. The summed E-state index contributed by atoms with van der Waals surface area (Å²) in [5.41, 5.74) is 2.51. The van der Waals surface area contributed by atoms with Crippen molar-refractivity contribution in [1.82, 2.24) is 0 Å². The highest BCUT2D eigenvalue weighted by Crippen LogP contribution is 2.38. The molecule has 0 atom stereocenters. The number of carbonyl (C=O) groups is 1. The molecule has 2 aromatic rings. The zero-order chi connectivity index (χ0) is 17.3. The van der Waals surface area contributed by atoms with Gasteiger partial charge in [-0.15, -0.1) is 0 Å². The molecule has 0 aromatic heterocycles. The zero-order valence-electron chi connectivity index (χ0n) is 13.8. The summed E-state index contributed by atoms with van der Waals surface area (Å²) in [6.45, 7) is 0. The SMILES string of the molecule is COc1cc(OC)c(OC)cc1/C=C1\Cc2c(O)cccc2C1=O. The summed E-state index contributed by atoms with van der Waals surface area (Å²) in [6.07, 6.45) is 2.15. The summed E-state index contributed by atoms with van der Waals surface area (Å²) in [7, 11) is 4.66. The molecule has 1 N–H and O–H groups in total. The molecule has 0 saturated carbocycles. The van der Waals surface area contributed by atoms with Crippen molar-refractivity contribution in [2.24, 2.45) is 0 Å². The number of phenolic OH excluding ortho intramolecular Hbond substituents is 1. The van der Waals surface area contributed by atoms with Crippen molar-refractivity contribution in [3.63, 3.8) is 0 Å². The minimum Gasteiger partial charge on any atom is -0.508 e. The van der Waals surface area contributed by atoms with Gasteiger partial charge < -0.3 is 19.3 Å². The molecule has 0 radical (unpaired) electrons. The molecule has 124 valence electrons. The van der Waals surface area contributed by atoms with Crippen molar-refractivity contribution in [3.8, 4) is 23.0 Å². The van der Waals surface area contributed by atoms with Crippen LogP contribution in [0.25, 0.3) is 6.08 Å². The van der Waals surface area contributed by atoms with Crippen molar-refractivity contribution in [2.45, 2.75) is 6.42 Å². The van der Waals surface area contributed by atoms with Crippen LogP contribution in [0.2, 0.25) is 0 Å². The molecule has 3 rings (SSSR count). The number of hydrogen-bond acceptors (Lipinski definition) is 5. The Hall–Kier alpha value is -2.95. The fourth-order valence-corrected chi connectivity index (χ4v) is 2.89. The van der Waals surface area contributed by atoms with Crippen molar-refractivity contribution in [3.05, 3.63) is 52.6 Å². The Balaban J connectivity index is 2.07. The fraction of sp³-hybridized carbons (Fsp3) is 0.211. The van der Waals surface area contributed by atoms with Crippen LogP contribution in [0.1, 0.15) is 21.5 Å². The number of benzene rings is 2. The largest absolute Gasteiger partial charge is 0.508 e. The van der Waals surface area contributed by atoms with Crippen LogP contribution in [-0.2, 0) is 6.42 Å². The van der Waals surface area contributed by atoms with Crippen molar-refractivity contribution < 1.29 is 24.1 Å². The summed E-state index contributed by atoms with van der Waals surface area (Å²) in [5, 5.41) is 9.94. The van der Waals surface area contributed by atoms with E-state index in [1.54, 1.807) is 57.7 Å². The number of Topliss-reactive ketones (excluding diaryl/α,β-unsaturated/α-hetero) is 1. The van der Waals surface area contributed by atoms with Gasteiger partial charge in [0.1, 0.15) is 11.5 Å². The van der Waals surface area contributed by atoms with Gasteiger partial charge in [0.25, 0.3) is 0 Å². The third kappa shape index (κ3) is 2.58. The van der Waals surface area contributed by atoms with Gasteiger partial charge in [-0.1, -0.05) is 12.1 Å². The highest BCUT2D eigenvalue weighted by atomic mass is 16.5. The summed E-state index contributed by atoms with van der Waals surface area (Å²) < 4.78 is 16.0. The lowest BCUT2D eigenvalue weighted by atomic mass is 10.1. The molecule has 0 heterocycles. The average molecular weight is 326 g/mol. The first-order valence-electron chi connectivity index (χ1n) is 7.45. The Kier molecular flexibility index (Phi) is 4.16. The molecule has 0 amide bonds. The second-order valence-electron chi connectivity index (χ2n) is 5.43. The summed E-state index contributed by atoms with van der Waals surface area (Å²) >= 11 is 0. The van der Waals surface area contributed by atoms with E-state index in [9.17, 15) is 9.90 Å². The van der Waals surface area contributed by atoms with Crippen molar-refractivity contribution in [1.29, 1.82) is 0 Å². The van der Waals surface area contributed by atoms with Crippen LogP contribution in [0.4, 0.5) is 0 Å². The summed E-state index contributed by atoms with van der Waals surface area (Å²) in [6, 6.07) is 8.47. The Morgan fingerprint density at radius 1 is 1.00 bits per heavy atom. The van der Waals surface area contributed by atoms with Gasteiger partial charge in [0.2, 0.25) is 0 Å². The van der Waals surface area contributed by atoms with Gasteiger partial charge in [-0.25, -0.2) is 0 Å². The third-order valence-corrected chi connectivity index (χ3v) is 4.12. The van der Waals surface area contributed by atoms with Crippen LogP contribution in [-0.4, -0.2) is 32.2 Å². The van der Waals surface area contributed by atoms with Crippen LogP contribution >= 0.6 is 0 Å². The predicted octanol–water partition coefficient (Wildman–Crippen LogP) is 3.24. The van der Waals surface area contributed by atoms with E-state index in [0.717, 1.165) is 0 Å². The topological polar surface area (TPSA) is 65.0 Å². The average Bonchev–Trinajstić information content (AvgIpc) is 2.92. The number of ketones is 1. The lowest BCUT2D eigenvalue weighted by Gasteiger charge is -2.12. The van der Waals surface area contributed by atoms with Crippen LogP contribution in [0.3, 0.4) is 0 Å². The van der Waals surface area contributed by atoms with E-state index in [1.807, 2.05) is 0 Å². The van der Waals surface area contributed by atoms with Crippen LogP contribution < -0.4 is 14.2 Å². The molecule has 0 bridgehead atoms. The van der Waals surface area contributed by atoms with Gasteiger partial charge in [-0.2, -0.15) is 0 Å². The highest BCUT2D eigenvalue weighted by Gasteiger charge is 2.27. The minimum absolute atomic E-state index is 0.0854. The fourth-order valence-electron chi connectivity index (χ4n) is 2.89. The predicted molar refractivity (Wildman–Crippen MR) is 90.2 cm³/mol. The number of fused-ring (bicyclic) bond motifs is 1. The standard InChI is InChI=1S/C19H18O5/c1-22-16-10-18(24-3)17(23-2)9-11(16)7-12-8-14-13(19(12)21)5-4-6-15(14)20/h4-7,9-10,20H,8H2,1-3H3/b12-7+. The molecular weight excluding hydrogens is 308 g/mol. The molecule has 1 aliphatic rings. The van der Waals surface area contributed by atoms with E-state index in [1.165, 1.54) is 0 Å². The number of methoxy groups -OCH3 is 3. The Labute approximate surface area is 140 Å². The van der Waals surface area contributed by atoms with E-state index in [2.05, 4.69) is 0 Å². The second kappa shape index (κ2) is 6.28. The van der Waals surface area contributed by atoms with Crippen molar-refractivity contribution >= 4 is 11.9 Å². The molecule has 0 unspecified atom stereocenters. The van der Waals surface area contributed by atoms with E-state index in [0.29, 0.717) is 45.9 Å². The van der Waals surface area contributed by atoms with Gasteiger partial charge in [0.15, 0.2) is 17.3 Å². The molecule has 5 nitrogen and oxygen atoms in total. The van der Waals surface area contributed by atoms with Gasteiger partial charge in [-0.3, -0.25) is 4.79 Å². The first kappa shape index (κ1) is 15.9. The van der Waals surface area contributed by atoms with Gasteiger partial charge >= 0.3 is 0 Å². The zero-order valence-corrected chi connectivity index (χ0v) is 13.8. The number of carbonyl (C=O) groups excluding carboxylic acids is 1. The van der Waals surface area contributed by atoms with Crippen LogP contribution in [0.5, 0.6) is 23.0 Å². The smallest absolute Gasteiger partial charge is 0.189 e. The molecule has 1 aliphatic carbocycles. The van der Waals surface area contributed by atoms with Crippen molar-refractivity contribution in [2.75, 3.05) is 21.3 Å². The van der Waals surface area contributed by atoms with Crippen LogP contribution in [0.15, 0.2) is 35.9 Å². The van der Waals surface area contributed by atoms with E-state index in [-0.39, 0.29) is 11.5 Å². The van der Waals surface area contributed by atoms with Gasteiger partial charge in [-0.05, 0) is 18.2 Å². The highest BCUT2D eigenvalue weighted by molar-refractivity contribution is 6.16. The Bertz CT molecular complexity index is 836. The number of rotatable bonds is 4. The number of phenols is 1. The van der Waals surface area contributed by atoms with Crippen LogP contribution in [0, 0.1) is 0 Å². The summed E-state index contributed by atoms with van der Waals surface area (Å²) in [5.74, 6) is 1.74. The monoisotopic (exact) mass is 326 g/mol.